The fourth-order valence-corrected chi connectivity index (χ4v) is 14.2. The first kappa shape index (κ1) is 99.8. The van der Waals surface area contributed by atoms with Crippen LogP contribution in [0.1, 0.15) is 131 Å². The number of nitrogens with zero attached hydrogens (tertiary/aromatic N) is 3. The fourth-order valence-electron chi connectivity index (χ4n) is 11.0. The zero-order valence-electron chi connectivity index (χ0n) is 66.4. The number of rotatable bonds is 48. The predicted octanol–water partition coefficient (Wildman–Crippen LogP) is -1.87. The second kappa shape index (κ2) is 56.8. The molecule has 0 radical (unpaired) electrons. The van der Waals surface area contributed by atoms with E-state index in [0.29, 0.717) is 38.2 Å². The molecule has 9 atom stereocenters. The molecule has 2 unspecified atom stereocenters. The molecule has 1 aromatic rings. The van der Waals surface area contributed by atoms with Gasteiger partial charge in [0.2, 0.25) is 70.9 Å². The number of hydrogen-bond donors (Lipinski definition) is 17. The van der Waals surface area contributed by atoms with Gasteiger partial charge in [0, 0.05) is 86.9 Å². The van der Waals surface area contributed by atoms with Gasteiger partial charge in [0.25, 0.3) is 0 Å². The van der Waals surface area contributed by atoms with E-state index in [2.05, 4.69) is 89.8 Å². The molecule has 0 spiro atoms. The van der Waals surface area contributed by atoms with Crippen LogP contribution in [0.2, 0.25) is 0 Å². The number of nitrogens with one attached hydrogen (secondary N) is 14. The third-order valence-corrected chi connectivity index (χ3v) is 21.9. The molecule has 2 saturated heterocycles. The molecule has 2 aliphatic heterocycles. The van der Waals surface area contributed by atoms with Gasteiger partial charge in [-0.15, -0.1) is 11.8 Å². The maximum atomic E-state index is 14.7. The third-order valence-electron chi connectivity index (χ3n) is 18.5. The van der Waals surface area contributed by atoms with Gasteiger partial charge in [-0.05, 0) is 131 Å². The SMILES string of the molecule is CCOCC(=O)NCCOCCOCCOCCNC(=O)[C@@H]1CSCC(=O)N[C@@H](CCCCNC(=O)CCCC(=O)NCCC(CCNC(C)(C)C(C)N=O)CCNC(C)(C)C(C)N=O)C(=O)N[C@H]2CSSC[C@H](NC(=O)[C@H](CC(=O)O)NC(=O)CNC(=O)[C@H](CCCN=C(N)N)NC2=O)C(=O)N[C@@H](Cc2ccccc2)C(=O)N1. The normalized spacial score (nSPS) is 20.3. The minimum absolute atomic E-state index is 0.00815. The summed E-state index contributed by atoms with van der Waals surface area (Å²) in [5.74, 6) is -12.1. The number of unbranched alkanes of at least 4 members (excludes halogenated alkanes) is 1. The number of aliphatic carboxylic acids is 1. The van der Waals surface area contributed by atoms with Crippen molar-refractivity contribution in [1.82, 2.24) is 74.4 Å². The lowest BCUT2D eigenvalue weighted by molar-refractivity contribution is -0.141. The van der Waals surface area contributed by atoms with Gasteiger partial charge >= 0.3 is 5.97 Å². The third kappa shape index (κ3) is 43.4. The van der Waals surface area contributed by atoms with Crippen LogP contribution in [0.3, 0.4) is 0 Å². The first-order valence-electron chi connectivity index (χ1n) is 38.4. The van der Waals surface area contributed by atoms with Crippen LogP contribution >= 0.6 is 33.3 Å². The van der Waals surface area contributed by atoms with Crippen molar-refractivity contribution in [3.05, 3.63) is 45.7 Å². The van der Waals surface area contributed by atoms with Crippen molar-refractivity contribution < 1.29 is 86.4 Å². The van der Waals surface area contributed by atoms with Crippen molar-refractivity contribution >= 4 is 116 Å². The number of ether oxygens (including phenoxy) is 4. The number of carbonyl (C=O) groups is 13. The fraction of sp³-hybridized carbons (Fsp3) is 0.722. The smallest absolute Gasteiger partial charge is 0.305 e. The van der Waals surface area contributed by atoms with Gasteiger partial charge in [-0.1, -0.05) is 62.3 Å². The van der Waals surface area contributed by atoms with E-state index in [4.69, 9.17) is 30.4 Å². The van der Waals surface area contributed by atoms with E-state index in [1.807, 2.05) is 27.7 Å². The highest BCUT2D eigenvalue weighted by Gasteiger charge is 2.36. The van der Waals surface area contributed by atoms with Crippen molar-refractivity contribution in [3.8, 4) is 0 Å². The molecule has 642 valence electrons. The Hall–Kier alpha value is -8.39. The highest BCUT2D eigenvalue weighted by Crippen LogP contribution is 2.25. The Labute approximate surface area is 677 Å². The van der Waals surface area contributed by atoms with Crippen LogP contribution < -0.4 is 85.9 Å². The van der Waals surface area contributed by atoms with Gasteiger partial charge in [0.1, 0.15) is 61.0 Å². The maximum absolute atomic E-state index is 14.7. The van der Waals surface area contributed by atoms with E-state index < -0.39 is 143 Å². The average Bonchev–Trinajstić information content (AvgIpc) is 1.17. The molecular weight excluding hydrogens is 1550 g/mol. The molecule has 0 saturated carbocycles. The van der Waals surface area contributed by atoms with E-state index in [0.717, 1.165) is 46.2 Å². The van der Waals surface area contributed by atoms with Crippen LogP contribution in [0.15, 0.2) is 45.7 Å². The molecule has 39 nitrogen and oxygen atoms in total. The Morgan fingerprint density at radius 3 is 1.63 bits per heavy atom. The highest BCUT2D eigenvalue weighted by molar-refractivity contribution is 8.76. The van der Waals surface area contributed by atoms with Gasteiger partial charge in [0.15, 0.2) is 5.96 Å². The molecule has 0 aromatic heterocycles. The van der Waals surface area contributed by atoms with Gasteiger partial charge in [-0.25, -0.2) is 0 Å². The van der Waals surface area contributed by atoms with Crippen LogP contribution in [-0.2, 0) is 87.7 Å². The number of aliphatic imine (C=N–C) groups is 1. The van der Waals surface area contributed by atoms with Crippen LogP contribution in [0.25, 0.3) is 0 Å². The molecule has 12 amide bonds. The minimum Gasteiger partial charge on any atom is -0.481 e. The molecule has 2 aliphatic rings. The summed E-state index contributed by atoms with van der Waals surface area (Å²) in [6.07, 6.45) is 1.56. The summed E-state index contributed by atoms with van der Waals surface area (Å²) < 4.78 is 21.8. The Morgan fingerprint density at radius 1 is 0.553 bits per heavy atom. The topological polar surface area (TPSA) is 571 Å². The number of guanidine groups is 1. The lowest BCUT2D eigenvalue weighted by Gasteiger charge is -2.31. The molecular formula is C72H121N19O20S3. The van der Waals surface area contributed by atoms with Crippen LogP contribution in [0.5, 0.6) is 0 Å². The number of amides is 12. The predicted molar refractivity (Wildman–Crippen MR) is 432 cm³/mol. The summed E-state index contributed by atoms with van der Waals surface area (Å²) in [5, 5.41) is 54.9. The second-order valence-corrected chi connectivity index (χ2v) is 31.9. The highest BCUT2D eigenvalue weighted by atomic mass is 33.1. The number of carbonyl (C=O) groups excluding carboxylic acids is 12. The minimum atomic E-state index is -1.84. The monoisotopic (exact) mass is 1670 g/mol. The van der Waals surface area contributed by atoms with Crippen molar-refractivity contribution in [2.24, 2.45) is 32.7 Å². The number of fused-ring (bicyclic) bond motifs is 5. The molecule has 3 rings (SSSR count). The lowest BCUT2D eigenvalue weighted by Crippen LogP contribution is -2.60. The standard InChI is InChI=1S/C72H121N19O20S3/c1-8-108-41-60(95)77-30-32-109-34-36-111-37-35-110-33-31-78-64(100)54-42-112-45-61(96)83-51(18-12-13-25-75-57(92)20-14-21-58(93)76-27-22-48(23-28-81-71(4,5)46(2)90-106)24-29-82-72(6,7)47(3)91-107)65(101)88-55-43-113-114-44-56(69(105)86-52(66(102)87-54)38-49-16-10-9-11-17-49)89-67(103)53(39-62(97)98)84-59(94)40-80-63(99)50(85-68(55)104)19-15-26-79-70(73)74/h9-11,16-17,46-48,50-56,81-82H,8,12-15,18-45H2,1-7H3,(H,75,92)(H,76,93)(H,77,95)(H,78,100)(H,80,99)(H,83,96)(H,84,94)(H,85,104)(H,86,105)(H,87,102)(H,88,101)(H,89,103)(H,97,98)(H4,73,74,79)/t46?,47?,48?,50-,51-,52-,53-,54-,55-,56-/m0/s1. The van der Waals surface area contributed by atoms with Crippen LogP contribution in [0.4, 0.5) is 0 Å². The number of nitroso groups, excluding NO2 is 2. The molecule has 2 bridgehead atoms. The number of hydrogen-bond acceptors (Lipinski definition) is 27. The molecule has 2 fully saturated rings. The van der Waals surface area contributed by atoms with Gasteiger partial charge in [-0.2, -0.15) is 9.81 Å². The number of thioether (sulfide) groups is 1. The summed E-state index contributed by atoms with van der Waals surface area (Å²) >= 11 is 0.894. The summed E-state index contributed by atoms with van der Waals surface area (Å²) in [5.41, 5.74) is 10.5. The molecule has 0 aliphatic carbocycles. The molecule has 19 N–H and O–H groups in total. The van der Waals surface area contributed by atoms with E-state index in [1.165, 1.54) is 0 Å². The molecule has 114 heavy (non-hydrogen) atoms. The summed E-state index contributed by atoms with van der Waals surface area (Å²) in [4.78, 5) is 205. The number of carboxylic acid groups (broad SMARTS) is 1. The Balaban J connectivity index is 1.92. The average molecular weight is 1670 g/mol. The van der Waals surface area contributed by atoms with E-state index in [-0.39, 0.29) is 177 Å². The maximum Gasteiger partial charge on any atom is 0.305 e. The quantitative estimate of drug-likeness (QED) is 0.0112. The Bertz CT molecular complexity index is 3210. The summed E-state index contributed by atoms with van der Waals surface area (Å²) in [7, 11) is 1.82. The van der Waals surface area contributed by atoms with E-state index in [1.54, 1.807) is 51.1 Å². The van der Waals surface area contributed by atoms with Crippen LogP contribution in [0, 0.1) is 15.7 Å². The van der Waals surface area contributed by atoms with Crippen molar-refractivity contribution in [3.63, 3.8) is 0 Å². The van der Waals surface area contributed by atoms with Crippen LogP contribution in [-0.4, -0.2) is 282 Å². The first-order valence-corrected chi connectivity index (χ1v) is 42.1. The van der Waals surface area contributed by atoms with Crippen molar-refractivity contribution in [1.29, 1.82) is 0 Å². The van der Waals surface area contributed by atoms with Crippen molar-refractivity contribution in [2.45, 2.75) is 197 Å². The van der Waals surface area contributed by atoms with E-state index in [9.17, 15) is 77.2 Å². The molecule has 42 heteroatoms. The Morgan fingerprint density at radius 2 is 1.06 bits per heavy atom. The number of benzene rings is 1. The van der Waals surface area contributed by atoms with E-state index >= 15 is 0 Å². The van der Waals surface area contributed by atoms with Gasteiger partial charge in [0.05, 0.1) is 58.4 Å². The lowest BCUT2D eigenvalue weighted by atomic mass is 9.92. The zero-order valence-corrected chi connectivity index (χ0v) is 68.9. The summed E-state index contributed by atoms with van der Waals surface area (Å²) in [6.45, 7) is 15.3. The van der Waals surface area contributed by atoms with Gasteiger partial charge < -0.3 is 110 Å². The molecule has 2 heterocycles. The first-order chi connectivity index (χ1) is 54.4. The summed E-state index contributed by atoms with van der Waals surface area (Å²) in [6, 6.07) is -3.20. The van der Waals surface area contributed by atoms with Gasteiger partial charge in [-0.3, -0.25) is 67.3 Å². The Kier molecular flexibility index (Phi) is 49.7. The number of carboxylic acids is 1. The number of nitrogens with two attached hydrogens (primary N) is 2. The zero-order chi connectivity index (χ0) is 84.3. The largest absolute Gasteiger partial charge is 0.481 e. The molecule has 1 aromatic carbocycles. The second-order valence-electron chi connectivity index (χ2n) is 28.3. The van der Waals surface area contributed by atoms with Crippen molar-refractivity contribution in [2.75, 3.05) is 128 Å².